The van der Waals surface area contributed by atoms with Gasteiger partial charge in [-0.1, -0.05) is 58.6 Å². The van der Waals surface area contributed by atoms with Crippen molar-refractivity contribution in [3.63, 3.8) is 0 Å². The third kappa shape index (κ3) is 4.25. The van der Waals surface area contributed by atoms with Gasteiger partial charge in [-0.05, 0) is 17.0 Å². The summed E-state index contributed by atoms with van der Waals surface area (Å²) in [5, 5.41) is 20.4. The van der Waals surface area contributed by atoms with Gasteiger partial charge in [0, 0.05) is 11.9 Å². The van der Waals surface area contributed by atoms with Crippen molar-refractivity contribution in [2.24, 2.45) is 0 Å². The Labute approximate surface area is 156 Å². The number of hydrogen-bond acceptors (Lipinski definition) is 9. The van der Waals surface area contributed by atoms with Crippen LogP contribution < -0.4 is 5.32 Å². The lowest BCUT2D eigenvalue weighted by Crippen LogP contribution is -1.98. The molecule has 0 aliphatic carbocycles. The quantitative estimate of drug-likeness (QED) is 0.466. The fourth-order valence-corrected chi connectivity index (χ4v) is 4.28. The number of aromatic nitrogens is 4. The van der Waals surface area contributed by atoms with Crippen LogP contribution in [0.2, 0.25) is 0 Å². The molecule has 1 aromatic carbocycles. The largest absolute Gasteiger partial charge is 0.356 e. The molecule has 0 atom stereocenters. The molecule has 9 heteroatoms. The number of hydrogen-bond donors (Lipinski definition) is 1. The van der Waals surface area contributed by atoms with Gasteiger partial charge in [0.05, 0.1) is 11.3 Å². The molecule has 0 amide bonds. The first-order valence-corrected chi connectivity index (χ1v) is 10.2. The minimum absolute atomic E-state index is 0.555. The van der Waals surface area contributed by atoms with Crippen LogP contribution in [0.1, 0.15) is 11.4 Å². The molecule has 0 aliphatic heterocycles. The van der Waals surface area contributed by atoms with E-state index in [1.807, 2.05) is 35.0 Å². The Kier molecular flexibility index (Phi) is 5.05. The van der Waals surface area contributed by atoms with E-state index in [4.69, 9.17) is 4.52 Å². The Hall–Kier alpha value is -2.23. The molecule has 0 saturated heterocycles. The summed E-state index contributed by atoms with van der Waals surface area (Å²) in [4.78, 5) is 4.40. The standard InChI is InChI=1S/C16H13N5OS3/c1-2-4-11(5-3-1)8-17-15-19-20-16(25-15)24-10-13-18-14(22-21-13)12-6-7-23-9-12/h1-7,9H,8,10H2,(H,17,19). The summed E-state index contributed by atoms with van der Waals surface area (Å²) < 4.78 is 6.15. The van der Waals surface area contributed by atoms with Crippen molar-refractivity contribution < 1.29 is 4.52 Å². The molecule has 0 aliphatic rings. The van der Waals surface area contributed by atoms with E-state index in [-0.39, 0.29) is 0 Å². The Morgan fingerprint density at radius 3 is 2.88 bits per heavy atom. The molecule has 6 nitrogen and oxygen atoms in total. The topological polar surface area (TPSA) is 76.7 Å². The SMILES string of the molecule is c1ccc(CNc2nnc(SCc3noc(-c4ccsc4)n3)s2)cc1. The molecule has 25 heavy (non-hydrogen) atoms. The third-order valence-electron chi connectivity index (χ3n) is 3.25. The number of benzene rings is 1. The first-order chi connectivity index (χ1) is 12.4. The van der Waals surface area contributed by atoms with Crippen molar-refractivity contribution in [3.8, 4) is 11.5 Å². The average Bonchev–Trinajstić information content (AvgIpc) is 3.40. The Bertz CT molecular complexity index is 920. The molecular weight excluding hydrogens is 374 g/mol. The molecular formula is C16H13N5OS3. The number of thioether (sulfide) groups is 1. The molecule has 0 unspecified atom stereocenters. The molecule has 3 heterocycles. The number of thiophene rings is 1. The minimum Gasteiger partial charge on any atom is -0.356 e. The highest BCUT2D eigenvalue weighted by atomic mass is 32.2. The monoisotopic (exact) mass is 387 g/mol. The van der Waals surface area contributed by atoms with Crippen molar-refractivity contribution in [3.05, 3.63) is 58.5 Å². The molecule has 0 fully saturated rings. The maximum absolute atomic E-state index is 5.28. The van der Waals surface area contributed by atoms with Gasteiger partial charge >= 0.3 is 0 Å². The van der Waals surface area contributed by atoms with E-state index < -0.39 is 0 Å². The summed E-state index contributed by atoms with van der Waals surface area (Å²) in [7, 11) is 0. The molecule has 1 N–H and O–H groups in total. The van der Waals surface area contributed by atoms with Crippen LogP contribution in [0.3, 0.4) is 0 Å². The van der Waals surface area contributed by atoms with Gasteiger partial charge in [-0.2, -0.15) is 16.3 Å². The molecule has 0 saturated carbocycles. The highest BCUT2D eigenvalue weighted by molar-refractivity contribution is 8.00. The van der Waals surface area contributed by atoms with Crippen LogP contribution in [0.25, 0.3) is 11.5 Å². The first-order valence-electron chi connectivity index (χ1n) is 7.46. The van der Waals surface area contributed by atoms with Crippen molar-refractivity contribution in [1.29, 1.82) is 0 Å². The zero-order chi connectivity index (χ0) is 16.9. The summed E-state index contributed by atoms with van der Waals surface area (Å²) in [6.07, 6.45) is 0. The minimum atomic E-state index is 0.555. The molecule has 0 bridgehead atoms. The van der Waals surface area contributed by atoms with Gasteiger partial charge in [0.15, 0.2) is 10.2 Å². The van der Waals surface area contributed by atoms with E-state index >= 15 is 0 Å². The zero-order valence-electron chi connectivity index (χ0n) is 13.0. The second kappa shape index (κ2) is 7.77. The van der Waals surface area contributed by atoms with Gasteiger partial charge in [0.2, 0.25) is 5.13 Å². The summed E-state index contributed by atoms with van der Waals surface area (Å²) in [6, 6.07) is 12.2. The van der Waals surface area contributed by atoms with Gasteiger partial charge in [0.25, 0.3) is 5.89 Å². The van der Waals surface area contributed by atoms with Crippen LogP contribution in [0, 0.1) is 0 Å². The number of anilines is 1. The Morgan fingerprint density at radius 2 is 2.04 bits per heavy atom. The molecule has 0 spiro atoms. The average molecular weight is 388 g/mol. The van der Waals surface area contributed by atoms with Crippen LogP contribution in [0.4, 0.5) is 5.13 Å². The first kappa shape index (κ1) is 16.2. The normalized spacial score (nSPS) is 10.9. The van der Waals surface area contributed by atoms with Crippen LogP contribution in [0.15, 0.2) is 56.0 Å². The van der Waals surface area contributed by atoms with E-state index in [2.05, 4.69) is 37.8 Å². The number of rotatable bonds is 7. The van der Waals surface area contributed by atoms with E-state index in [0.717, 1.165) is 21.6 Å². The zero-order valence-corrected chi connectivity index (χ0v) is 15.4. The van der Waals surface area contributed by atoms with E-state index in [1.54, 1.807) is 23.1 Å². The van der Waals surface area contributed by atoms with Crippen LogP contribution in [0.5, 0.6) is 0 Å². The Morgan fingerprint density at radius 1 is 1.12 bits per heavy atom. The second-order valence-electron chi connectivity index (χ2n) is 5.03. The van der Waals surface area contributed by atoms with Gasteiger partial charge in [0.1, 0.15) is 0 Å². The fourth-order valence-electron chi connectivity index (χ4n) is 2.06. The molecule has 126 valence electrons. The van der Waals surface area contributed by atoms with Crippen molar-refractivity contribution in [2.45, 2.75) is 16.6 Å². The van der Waals surface area contributed by atoms with Crippen molar-refractivity contribution in [2.75, 3.05) is 5.32 Å². The van der Waals surface area contributed by atoms with E-state index in [9.17, 15) is 0 Å². The number of nitrogens with one attached hydrogen (secondary N) is 1. The van der Waals surface area contributed by atoms with Crippen molar-refractivity contribution >= 4 is 39.6 Å². The van der Waals surface area contributed by atoms with E-state index in [1.165, 1.54) is 16.9 Å². The van der Waals surface area contributed by atoms with Crippen LogP contribution in [-0.4, -0.2) is 20.3 Å². The smallest absolute Gasteiger partial charge is 0.258 e. The highest BCUT2D eigenvalue weighted by Gasteiger charge is 2.11. The maximum Gasteiger partial charge on any atom is 0.258 e. The third-order valence-corrected chi connectivity index (χ3v) is 5.95. The summed E-state index contributed by atoms with van der Waals surface area (Å²) in [6.45, 7) is 0.731. The van der Waals surface area contributed by atoms with Crippen LogP contribution >= 0.6 is 34.4 Å². The van der Waals surface area contributed by atoms with Gasteiger partial charge in [-0.15, -0.1) is 10.2 Å². The lowest BCUT2D eigenvalue weighted by molar-refractivity contribution is 0.425. The van der Waals surface area contributed by atoms with E-state index in [0.29, 0.717) is 17.5 Å². The molecule has 3 aromatic heterocycles. The predicted octanol–water partition coefficient (Wildman–Crippen LogP) is 4.55. The summed E-state index contributed by atoms with van der Waals surface area (Å²) in [5.74, 6) is 1.81. The second-order valence-corrected chi connectivity index (χ2v) is 8.01. The molecule has 4 rings (SSSR count). The summed E-state index contributed by atoms with van der Waals surface area (Å²) >= 11 is 4.67. The lowest BCUT2D eigenvalue weighted by atomic mass is 10.2. The number of nitrogens with zero attached hydrogens (tertiary/aromatic N) is 4. The Balaban J connectivity index is 1.31. The molecule has 0 radical (unpaired) electrons. The van der Waals surface area contributed by atoms with Gasteiger partial charge < -0.3 is 9.84 Å². The van der Waals surface area contributed by atoms with Crippen molar-refractivity contribution in [1.82, 2.24) is 20.3 Å². The molecule has 4 aromatic rings. The maximum atomic E-state index is 5.28. The predicted molar refractivity (Wildman–Crippen MR) is 101 cm³/mol. The van der Waals surface area contributed by atoms with Gasteiger partial charge in [-0.3, -0.25) is 0 Å². The lowest BCUT2D eigenvalue weighted by Gasteiger charge is -2.00. The fraction of sp³-hybridized carbons (Fsp3) is 0.125. The summed E-state index contributed by atoms with van der Waals surface area (Å²) in [5.41, 5.74) is 2.16. The van der Waals surface area contributed by atoms with Gasteiger partial charge in [-0.25, -0.2) is 0 Å². The van der Waals surface area contributed by atoms with Crippen LogP contribution in [-0.2, 0) is 12.3 Å². The highest BCUT2D eigenvalue weighted by Crippen LogP contribution is 2.28.